The van der Waals surface area contributed by atoms with Crippen LogP contribution in [0, 0.1) is 0 Å². The summed E-state index contributed by atoms with van der Waals surface area (Å²) in [7, 11) is 0. The minimum absolute atomic E-state index is 0.180. The zero-order chi connectivity index (χ0) is 21.3. The summed E-state index contributed by atoms with van der Waals surface area (Å²) in [5.41, 5.74) is 0.369. The number of hydrogen-bond donors (Lipinski definition) is 2. The second kappa shape index (κ2) is 7.70. The Hall–Kier alpha value is -3.55. The number of hydrogen-bond acceptors (Lipinski definition) is 4. The van der Waals surface area contributed by atoms with Crippen molar-refractivity contribution in [2.75, 3.05) is 13.1 Å². The average molecular weight is 408 g/mol. The lowest BCUT2D eigenvalue weighted by atomic mass is 9.95. The number of benzene rings is 1. The van der Waals surface area contributed by atoms with E-state index in [-0.39, 0.29) is 30.8 Å². The fourth-order valence-corrected chi connectivity index (χ4v) is 4.01. The topological polar surface area (TPSA) is 96.6 Å². The third-order valence-corrected chi connectivity index (χ3v) is 5.59. The first-order chi connectivity index (χ1) is 14.4. The molecule has 3 amide bonds. The van der Waals surface area contributed by atoms with Gasteiger partial charge < -0.3 is 24.5 Å². The van der Waals surface area contributed by atoms with Gasteiger partial charge in [-0.25, -0.2) is 0 Å². The molecule has 3 heterocycles. The van der Waals surface area contributed by atoms with Crippen LogP contribution in [0.5, 0.6) is 0 Å². The highest BCUT2D eigenvalue weighted by atomic mass is 16.3. The van der Waals surface area contributed by atoms with E-state index < -0.39 is 5.54 Å². The van der Waals surface area contributed by atoms with Crippen molar-refractivity contribution in [1.82, 2.24) is 20.1 Å². The Kier molecular flexibility index (Phi) is 5.07. The average Bonchev–Trinajstić information content (AvgIpc) is 3.39. The highest BCUT2D eigenvalue weighted by molar-refractivity contribution is 6.04. The van der Waals surface area contributed by atoms with Crippen molar-refractivity contribution in [3.63, 3.8) is 0 Å². The Morgan fingerprint density at radius 3 is 2.70 bits per heavy atom. The first-order valence-electron chi connectivity index (χ1n) is 9.91. The minimum atomic E-state index is -1.11. The highest BCUT2D eigenvalue weighted by Crippen LogP contribution is 2.32. The number of carbonyl (C=O) groups excluding carboxylic acids is 3. The minimum Gasteiger partial charge on any atom is -0.467 e. The Labute approximate surface area is 173 Å². The van der Waals surface area contributed by atoms with Crippen LogP contribution in [0.25, 0.3) is 10.9 Å². The van der Waals surface area contributed by atoms with Gasteiger partial charge in [0.15, 0.2) is 0 Å². The number of fused-ring (bicyclic) bond motifs is 3. The lowest BCUT2D eigenvalue weighted by molar-refractivity contribution is -0.134. The van der Waals surface area contributed by atoms with E-state index in [2.05, 4.69) is 10.6 Å². The third kappa shape index (κ3) is 3.34. The maximum atomic E-state index is 13.1. The number of aromatic nitrogens is 1. The summed E-state index contributed by atoms with van der Waals surface area (Å²) in [6.45, 7) is 4.35. The van der Waals surface area contributed by atoms with Gasteiger partial charge in [0.25, 0.3) is 5.91 Å². The second-order valence-electron chi connectivity index (χ2n) is 7.54. The monoisotopic (exact) mass is 408 g/mol. The molecule has 30 heavy (non-hydrogen) atoms. The van der Waals surface area contributed by atoms with Crippen LogP contribution >= 0.6 is 0 Å². The SMILES string of the molecule is CCN1C(=O)c2cc3ccccc3n2C[C@@]1(C)C(=O)NCC(=O)NCc1ccco1. The molecule has 1 aliphatic rings. The fraction of sp³-hybridized carbons (Fsp3) is 0.318. The van der Waals surface area contributed by atoms with Gasteiger partial charge in [0.1, 0.15) is 17.0 Å². The van der Waals surface area contributed by atoms with Crippen LogP contribution < -0.4 is 10.6 Å². The summed E-state index contributed by atoms with van der Waals surface area (Å²) < 4.78 is 7.06. The Morgan fingerprint density at radius 1 is 1.17 bits per heavy atom. The van der Waals surface area contributed by atoms with Crippen molar-refractivity contribution < 1.29 is 18.8 Å². The van der Waals surface area contributed by atoms with Gasteiger partial charge >= 0.3 is 0 Å². The van der Waals surface area contributed by atoms with Crippen molar-refractivity contribution in [1.29, 1.82) is 0 Å². The number of amides is 3. The molecule has 2 aromatic heterocycles. The van der Waals surface area contributed by atoms with E-state index in [9.17, 15) is 14.4 Å². The molecule has 0 radical (unpaired) electrons. The smallest absolute Gasteiger partial charge is 0.271 e. The number of furan rings is 1. The van der Waals surface area contributed by atoms with Gasteiger partial charge in [-0.05, 0) is 38.1 Å². The molecule has 0 bridgehead atoms. The molecule has 0 aliphatic carbocycles. The fourth-order valence-electron chi connectivity index (χ4n) is 4.01. The standard InChI is InChI=1S/C22H24N4O4/c1-3-26-20(28)18-11-15-7-4-5-9-17(15)25(18)14-22(26,2)21(29)24-13-19(27)23-12-16-8-6-10-30-16/h4-11H,3,12-14H2,1-2H3,(H,23,27)(H,24,29)/t22-/m0/s1. The molecule has 0 saturated heterocycles. The molecule has 156 valence electrons. The largest absolute Gasteiger partial charge is 0.467 e. The molecule has 0 spiro atoms. The summed E-state index contributed by atoms with van der Waals surface area (Å²) in [5.74, 6) is -0.265. The molecule has 1 aliphatic heterocycles. The molecule has 4 rings (SSSR count). The number of likely N-dealkylation sites (N-methyl/N-ethyl adjacent to an activating group) is 1. The van der Waals surface area contributed by atoms with Crippen LogP contribution in [0.2, 0.25) is 0 Å². The summed E-state index contributed by atoms with van der Waals surface area (Å²) in [6, 6.07) is 13.1. The lowest BCUT2D eigenvalue weighted by Crippen LogP contribution is -2.64. The van der Waals surface area contributed by atoms with Gasteiger partial charge in [-0.15, -0.1) is 0 Å². The number of nitrogens with zero attached hydrogens (tertiary/aromatic N) is 2. The first kappa shape index (κ1) is 19.8. The van der Waals surface area contributed by atoms with Crippen LogP contribution in [-0.4, -0.2) is 45.8 Å². The molecule has 0 unspecified atom stereocenters. The summed E-state index contributed by atoms with van der Waals surface area (Å²) in [5, 5.41) is 6.34. The molecule has 0 fully saturated rings. The quantitative estimate of drug-likeness (QED) is 0.651. The van der Waals surface area contributed by atoms with E-state index in [0.29, 0.717) is 24.5 Å². The maximum absolute atomic E-state index is 13.1. The highest BCUT2D eigenvalue weighted by Gasteiger charge is 2.46. The van der Waals surface area contributed by atoms with Gasteiger partial charge in [-0.3, -0.25) is 14.4 Å². The van der Waals surface area contributed by atoms with E-state index in [1.165, 1.54) is 6.26 Å². The first-order valence-corrected chi connectivity index (χ1v) is 9.91. The van der Waals surface area contributed by atoms with Crippen LogP contribution in [-0.2, 0) is 22.7 Å². The molecule has 1 atom stereocenters. The van der Waals surface area contributed by atoms with Crippen LogP contribution in [0.1, 0.15) is 30.1 Å². The molecule has 1 aromatic carbocycles. The molecular formula is C22H24N4O4. The molecule has 8 heteroatoms. The van der Waals surface area contributed by atoms with Gasteiger partial charge in [0, 0.05) is 17.4 Å². The van der Waals surface area contributed by atoms with E-state index in [4.69, 9.17) is 4.42 Å². The van der Waals surface area contributed by atoms with Crippen molar-refractivity contribution in [3.05, 3.63) is 60.2 Å². The molecule has 3 aromatic rings. The maximum Gasteiger partial charge on any atom is 0.271 e. The third-order valence-electron chi connectivity index (χ3n) is 5.59. The Morgan fingerprint density at radius 2 is 1.97 bits per heavy atom. The summed E-state index contributed by atoms with van der Waals surface area (Å²) in [4.78, 5) is 40.0. The molecule has 2 N–H and O–H groups in total. The van der Waals surface area contributed by atoms with Crippen molar-refractivity contribution in [2.45, 2.75) is 32.5 Å². The predicted molar refractivity (Wildman–Crippen MR) is 111 cm³/mol. The van der Waals surface area contributed by atoms with E-state index in [1.807, 2.05) is 41.8 Å². The van der Waals surface area contributed by atoms with Gasteiger partial charge in [0.05, 0.1) is 25.9 Å². The predicted octanol–water partition coefficient (Wildman–Crippen LogP) is 1.90. The molecule has 8 nitrogen and oxygen atoms in total. The lowest BCUT2D eigenvalue weighted by Gasteiger charge is -2.43. The normalized spacial score (nSPS) is 18.3. The van der Waals surface area contributed by atoms with Crippen molar-refractivity contribution in [3.8, 4) is 0 Å². The molecule has 0 saturated carbocycles. The van der Waals surface area contributed by atoms with Crippen LogP contribution in [0.4, 0.5) is 0 Å². The molecular weight excluding hydrogens is 384 g/mol. The van der Waals surface area contributed by atoms with E-state index in [1.54, 1.807) is 24.0 Å². The van der Waals surface area contributed by atoms with Gasteiger partial charge in [-0.2, -0.15) is 0 Å². The zero-order valence-electron chi connectivity index (χ0n) is 17.0. The summed E-state index contributed by atoms with van der Waals surface area (Å²) >= 11 is 0. The van der Waals surface area contributed by atoms with E-state index >= 15 is 0 Å². The number of nitrogens with one attached hydrogen (secondary N) is 2. The van der Waals surface area contributed by atoms with Gasteiger partial charge in [-0.1, -0.05) is 18.2 Å². The number of carbonyl (C=O) groups is 3. The Balaban J connectivity index is 1.50. The number of rotatable bonds is 6. The van der Waals surface area contributed by atoms with Gasteiger partial charge in [0.2, 0.25) is 11.8 Å². The Bertz CT molecular complexity index is 1100. The van der Waals surface area contributed by atoms with Crippen LogP contribution in [0.3, 0.4) is 0 Å². The van der Waals surface area contributed by atoms with Crippen molar-refractivity contribution >= 4 is 28.6 Å². The van der Waals surface area contributed by atoms with Crippen molar-refractivity contribution in [2.24, 2.45) is 0 Å². The summed E-state index contributed by atoms with van der Waals surface area (Å²) in [6.07, 6.45) is 1.53. The zero-order valence-corrected chi connectivity index (χ0v) is 17.0. The second-order valence-corrected chi connectivity index (χ2v) is 7.54. The van der Waals surface area contributed by atoms with E-state index in [0.717, 1.165) is 10.9 Å². The number of para-hydroxylation sites is 1. The van der Waals surface area contributed by atoms with Crippen LogP contribution in [0.15, 0.2) is 53.1 Å².